The molecule has 2 aromatic carbocycles. The molecule has 0 aliphatic carbocycles. The fourth-order valence-electron chi connectivity index (χ4n) is 2.58. The fourth-order valence-corrected chi connectivity index (χ4v) is 4.53. The van der Waals surface area contributed by atoms with Crippen LogP contribution >= 0.6 is 27.5 Å². The molecular weight excluding hydrogens is 454 g/mol. The van der Waals surface area contributed by atoms with E-state index >= 15 is 0 Å². The standard InChI is InChI=1S/C18H17BrClN3O3S/c1-3-23(4-2)27(24,25)14-9-10-16(20)15(11-14)18-22-21-17(26-18)12-5-7-13(19)8-6-12/h5-11H,3-4H2,1-2H3. The summed E-state index contributed by atoms with van der Waals surface area (Å²) in [6.45, 7) is 4.34. The second-order valence-electron chi connectivity index (χ2n) is 5.65. The van der Waals surface area contributed by atoms with Crippen molar-refractivity contribution in [3.05, 3.63) is 52.0 Å². The van der Waals surface area contributed by atoms with E-state index in [-0.39, 0.29) is 10.8 Å². The number of aromatic nitrogens is 2. The van der Waals surface area contributed by atoms with Crippen LogP contribution in [0.2, 0.25) is 5.02 Å². The van der Waals surface area contributed by atoms with E-state index in [2.05, 4.69) is 26.1 Å². The highest BCUT2D eigenvalue weighted by Gasteiger charge is 2.24. The van der Waals surface area contributed by atoms with Gasteiger partial charge in [0.05, 0.1) is 15.5 Å². The topological polar surface area (TPSA) is 76.3 Å². The molecule has 9 heteroatoms. The zero-order valence-electron chi connectivity index (χ0n) is 14.7. The summed E-state index contributed by atoms with van der Waals surface area (Å²) in [4.78, 5) is 0.133. The van der Waals surface area contributed by atoms with Crippen molar-refractivity contribution >= 4 is 37.6 Å². The summed E-state index contributed by atoms with van der Waals surface area (Å²) in [5.74, 6) is 0.486. The zero-order valence-corrected chi connectivity index (χ0v) is 17.8. The Morgan fingerprint density at radius 1 is 1.04 bits per heavy atom. The number of hydrogen-bond acceptors (Lipinski definition) is 5. The maximum Gasteiger partial charge on any atom is 0.249 e. The van der Waals surface area contributed by atoms with Crippen LogP contribution in [0, 0.1) is 0 Å². The first kappa shape index (κ1) is 20.0. The molecule has 0 spiro atoms. The molecule has 6 nitrogen and oxygen atoms in total. The predicted molar refractivity (Wildman–Crippen MR) is 108 cm³/mol. The van der Waals surface area contributed by atoms with Gasteiger partial charge in [0.25, 0.3) is 0 Å². The van der Waals surface area contributed by atoms with E-state index in [1.54, 1.807) is 13.8 Å². The van der Waals surface area contributed by atoms with Gasteiger partial charge in [-0.05, 0) is 42.5 Å². The molecule has 0 aliphatic heterocycles. The van der Waals surface area contributed by atoms with Crippen LogP contribution in [0.3, 0.4) is 0 Å². The average molecular weight is 471 g/mol. The van der Waals surface area contributed by atoms with Gasteiger partial charge in [0.15, 0.2) is 0 Å². The molecule has 142 valence electrons. The molecule has 0 fully saturated rings. The van der Waals surface area contributed by atoms with Crippen LogP contribution in [0.5, 0.6) is 0 Å². The predicted octanol–water partition coefficient (Wildman–Crippen LogP) is 4.85. The van der Waals surface area contributed by atoms with Crippen LogP contribution in [0.25, 0.3) is 22.9 Å². The molecule has 0 atom stereocenters. The Kier molecular flexibility index (Phi) is 6.00. The lowest BCUT2D eigenvalue weighted by Gasteiger charge is -2.18. The van der Waals surface area contributed by atoms with E-state index < -0.39 is 10.0 Å². The molecule has 0 saturated carbocycles. The van der Waals surface area contributed by atoms with Gasteiger partial charge in [0.2, 0.25) is 21.8 Å². The lowest BCUT2D eigenvalue weighted by atomic mass is 10.2. The second kappa shape index (κ2) is 8.10. The summed E-state index contributed by atoms with van der Waals surface area (Å²) in [6, 6.07) is 11.9. The van der Waals surface area contributed by atoms with Gasteiger partial charge in [-0.1, -0.05) is 41.4 Å². The van der Waals surface area contributed by atoms with Crippen molar-refractivity contribution in [1.82, 2.24) is 14.5 Å². The molecule has 1 aromatic heterocycles. The first-order valence-electron chi connectivity index (χ1n) is 8.26. The van der Waals surface area contributed by atoms with E-state index in [0.29, 0.717) is 29.6 Å². The zero-order chi connectivity index (χ0) is 19.6. The minimum atomic E-state index is -3.62. The number of hydrogen-bond donors (Lipinski definition) is 0. The third-order valence-electron chi connectivity index (χ3n) is 4.03. The molecule has 0 unspecified atom stereocenters. The second-order valence-corrected chi connectivity index (χ2v) is 8.91. The third kappa shape index (κ3) is 4.08. The first-order chi connectivity index (χ1) is 12.9. The molecule has 1 heterocycles. The molecular formula is C18H17BrClN3O3S. The lowest BCUT2D eigenvalue weighted by molar-refractivity contribution is 0.445. The summed E-state index contributed by atoms with van der Waals surface area (Å²) in [5, 5.41) is 8.41. The first-order valence-corrected chi connectivity index (χ1v) is 10.9. The summed E-state index contributed by atoms with van der Waals surface area (Å²) in [7, 11) is -3.62. The van der Waals surface area contributed by atoms with Crippen molar-refractivity contribution in [2.24, 2.45) is 0 Å². The van der Waals surface area contributed by atoms with E-state index in [9.17, 15) is 8.42 Å². The van der Waals surface area contributed by atoms with Gasteiger partial charge in [0.1, 0.15) is 0 Å². The highest BCUT2D eigenvalue weighted by Crippen LogP contribution is 2.32. The summed E-state index contributed by atoms with van der Waals surface area (Å²) < 4.78 is 33.6. The monoisotopic (exact) mass is 469 g/mol. The van der Waals surface area contributed by atoms with Gasteiger partial charge in [0, 0.05) is 23.1 Å². The summed E-state index contributed by atoms with van der Waals surface area (Å²) >= 11 is 9.64. The Labute approximate surface area is 171 Å². The Hall–Kier alpha value is -1.74. The summed E-state index contributed by atoms with van der Waals surface area (Å²) in [6.07, 6.45) is 0. The highest BCUT2D eigenvalue weighted by atomic mass is 79.9. The van der Waals surface area contributed by atoms with Crippen molar-refractivity contribution in [2.45, 2.75) is 18.7 Å². The largest absolute Gasteiger partial charge is 0.416 e. The maximum atomic E-state index is 12.8. The van der Waals surface area contributed by atoms with Crippen LogP contribution < -0.4 is 0 Å². The van der Waals surface area contributed by atoms with Crippen LogP contribution in [0.1, 0.15) is 13.8 Å². The van der Waals surface area contributed by atoms with E-state index in [4.69, 9.17) is 16.0 Å². The molecule has 27 heavy (non-hydrogen) atoms. The van der Waals surface area contributed by atoms with Gasteiger partial charge in [-0.25, -0.2) is 8.42 Å². The fraction of sp³-hybridized carbons (Fsp3) is 0.222. The SMILES string of the molecule is CCN(CC)S(=O)(=O)c1ccc(Cl)c(-c2nnc(-c3ccc(Br)cc3)o2)c1. The van der Waals surface area contributed by atoms with Crippen molar-refractivity contribution < 1.29 is 12.8 Å². The molecule has 0 saturated heterocycles. The Morgan fingerprint density at radius 3 is 2.30 bits per heavy atom. The van der Waals surface area contributed by atoms with E-state index in [1.807, 2.05) is 24.3 Å². The summed E-state index contributed by atoms with van der Waals surface area (Å²) in [5.41, 5.74) is 1.13. The van der Waals surface area contributed by atoms with E-state index in [0.717, 1.165) is 10.0 Å². The van der Waals surface area contributed by atoms with Gasteiger partial charge in [-0.15, -0.1) is 10.2 Å². The number of halogens is 2. The maximum absolute atomic E-state index is 12.8. The van der Waals surface area contributed by atoms with Crippen LogP contribution in [-0.2, 0) is 10.0 Å². The minimum absolute atomic E-state index is 0.133. The smallest absolute Gasteiger partial charge is 0.249 e. The van der Waals surface area contributed by atoms with Gasteiger partial charge in [-0.2, -0.15) is 4.31 Å². The number of sulfonamides is 1. The molecule has 3 aromatic rings. The van der Waals surface area contributed by atoms with Crippen LogP contribution in [0.15, 0.2) is 56.2 Å². The normalized spacial score (nSPS) is 11.9. The van der Waals surface area contributed by atoms with Gasteiger partial charge in [-0.3, -0.25) is 0 Å². The Morgan fingerprint density at radius 2 is 1.67 bits per heavy atom. The molecule has 0 N–H and O–H groups in total. The molecule has 0 bridgehead atoms. The molecule has 0 radical (unpaired) electrons. The third-order valence-corrected chi connectivity index (χ3v) is 6.93. The number of rotatable bonds is 6. The highest BCUT2D eigenvalue weighted by molar-refractivity contribution is 9.10. The molecule has 0 amide bonds. The quantitative estimate of drug-likeness (QED) is 0.515. The van der Waals surface area contributed by atoms with Crippen molar-refractivity contribution in [3.8, 4) is 22.9 Å². The van der Waals surface area contributed by atoms with Crippen molar-refractivity contribution in [3.63, 3.8) is 0 Å². The van der Waals surface area contributed by atoms with Crippen molar-refractivity contribution in [1.29, 1.82) is 0 Å². The minimum Gasteiger partial charge on any atom is -0.416 e. The van der Waals surface area contributed by atoms with Crippen molar-refractivity contribution in [2.75, 3.05) is 13.1 Å². The number of benzene rings is 2. The van der Waals surface area contributed by atoms with Gasteiger partial charge < -0.3 is 4.42 Å². The number of nitrogens with zero attached hydrogens (tertiary/aromatic N) is 3. The Balaban J connectivity index is 2.02. The van der Waals surface area contributed by atoms with Crippen LogP contribution in [-0.4, -0.2) is 36.0 Å². The lowest BCUT2D eigenvalue weighted by Crippen LogP contribution is -2.30. The Bertz CT molecular complexity index is 1050. The average Bonchev–Trinajstić information content (AvgIpc) is 3.13. The molecule has 0 aliphatic rings. The van der Waals surface area contributed by atoms with Gasteiger partial charge >= 0.3 is 0 Å². The molecule has 3 rings (SSSR count). The van der Waals surface area contributed by atoms with Crippen LogP contribution in [0.4, 0.5) is 0 Å². The van der Waals surface area contributed by atoms with E-state index in [1.165, 1.54) is 22.5 Å².